The van der Waals surface area contributed by atoms with Gasteiger partial charge in [0.2, 0.25) is 5.91 Å². The third kappa shape index (κ3) is 5.13. The van der Waals surface area contributed by atoms with Gasteiger partial charge in [-0.15, -0.1) is 0 Å². The summed E-state index contributed by atoms with van der Waals surface area (Å²) in [5, 5.41) is 24.1. The maximum atomic E-state index is 11.3. The number of nitrogens with one attached hydrogen (secondary N) is 2. The molecule has 1 heterocycles. The molecule has 0 saturated carbocycles. The van der Waals surface area contributed by atoms with E-state index in [-0.39, 0.29) is 6.54 Å². The summed E-state index contributed by atoms with van der Waals surface area (Å²) in [5.74, 6) is -0.463. The van der Waals surface area contributed by atoms with E-state index in [1.807, 2.05) is 0 Å². The van der Waals surface area contributed by atoms with E-state index in [1.54, 1.807) is 7.05 Å². The zero-order chi connectivity index (χ0) is 14.6. The molecule has 4 atom stereocenters. The smallest absolute Gasteiger partial charge is 0.387 e. The first-order valence-corrected chi connectivity index (χ1v) is 6.93. The van der Waals surface area contributed by atoms with Crippen LogP contribution in [0, 0.1) is 0 Å². The van der Waals surface area contributed by atoms with Crippen LogP contribution in [0.25, 0.3) is 0 Å². The highest BCUT2D eigenvalue weighted by Crippen LogP contribution is 2.37. The molecule has 19 heavy (non-hydrogen) atoms. The molecule has 1 unspecified atom stereocenters. The monoisotopic (exact) mass is 300 g/mol. The van der Waals surface area contributed by atoms with E-state index in [9.17, 15) is 19.6 Å². The number of phosphoric ester groups is 1. The molecule has 11 heteroatoms. The Morgan fingerprint density at radius 2 is 2.00 bits per heavy atom. The second-order valence-electron chi connectivity index (χ2n) is 3.96. The maximum Gasteiger partial charge on any atom is 0.469 e. The van der Waals surface area contributed by atoms with Gasteiger partial charge < -0.3 is 35.4 Å². The predicted molar refractivity (Wildman–Crippen MR) is 60.7 cm³/mol. The second-order valence-corrected chi connectivity index (χ2v) is 5.20. The number of phosphoric acid groups is 1. The van der Waals surface area contributed by atoms with Gasteiger partial charge in [-0.25, -0.2) is 4.57 Å². The van der Waals surface area contributed by atoms with Gasteiger partial charge in [0.15, 0.2) is 6.23 Å². The SMILES string of the molecule is CNCC(=O)NC1O[C@H](COP(=O)(O)O)[C@@H](O)[C@H]1O. The van der Waals surface area contributed by atoms with Crippen LogP contribution in [-0.2, 0) is 18.6 Å². The fourth-order valence-corrected chi connectivity index (χ4v) is 1.89. The number of amides is 1. The van der Waals surface area contributed by atoms with Crippen LogP contribution >= 0.6 is 7.82 Å². The van der Waals surface area contributed by atoms with Crippen LogP contribution in [0.4, 0.5) is 0 Å². The van der Waals surface area contributed by atoms with Crippen LogP contribution < -0.4 is 10.6 Å². The Morgan fingerprint density at radius 3 is 2.53 bits per heavy atom. The minimum Gasteiger partial charge on any atom is -0.387 e. The average molecular weight is 300 g/mol. The van der Waals surface area contributed by atoms with Crippen molar-refractivity contribution in [2.45, 2.75) is 24.5 Å². The maximum absolute atomic E-state index is 11.3. The van der Waals surface area contributed by atoms with Crippen molar-refractivity contribution in [3.05, 3.63) is 0 Å². The molecule has 1 aliphatic rings. The fraction of sp³-hybridized carbons (Fsp3) is 0.875. The summed E-state index contributed by atoms with van der Waals surface area (Å²) >= 11 is 0. The number of likely N-dealkylation sites (N-methyl/N-ethyl adjacent to an activating group) is 1. The molecule has 1 saturated heterocycles. The number of carbonyl (C=O) groups excluding carboxylic acids is 1. The Hall–Kier alpha value is -0.580. The quantitative estimate of drug-likeness (QED) is 0.279. The van der Waals surface area contributed by atoms with Gasteiger partial charge in [0.1, 0.15) is 18.3 Å². The van der Waals surface area contributed by atoms with Crippen molar-refractivity contribution in [1.29, 1.82) is 0 Å². The molecule has 0 radical (unpaired) electrons. The van der Waals surface area contributed by atoms with Crippen molar-refractivity contribution in [1.82, 2.24) is 10.6 Å². The van der Waals surface area contributed by atoms with Gasteiger partial charge in [0.25, 0.3) is 0 Å². The number of aliphatic hydroxyl groups excluding tert-OH is 2. The number of rotatable bonds is 6. The first-order chi connectivity index (χ1) is 8.74. The minimum atomic E-state index is -4.69. The summed E-state index contributed by atoms with van der Waals surface area (Å²) in [6.07, 6.45) is -5.15. The Labute approximate surface area is 109 Å². The molecule has 0 aliphatic carbocycles. The number of ether oxygens (including phenoxy) is 1. The van der Waals surface area contributed by atoms with Crippen LogP contribution in [0.1, 0.15) is 0 Å². The van der Waals surface area contributed by atoms with Crippen LogP contribution in [-0.4, -0.2) is 70.6 Å². The highest BCUT2D eigenvalue weighted by Gasteiger charge is 2.44. The molecule has 112 valence electrons. The summed E-state index contributed by atoms with van der Waals surface area (Å²) in [4.78, 5) is 28.3. The molecule has 0 bridgehead atoms. The number of hydrogen-bond acceptors (Lipinski definition) is 7. The molecular formula is C8H17N2O8P. The molecule has 6 N–H and O–H groups in total. The highest BCUT2D eigenvalue weighted by atomic mass is 31.2. The van der Waals surface area contributed by atoms with E-state index in [1.165, 1.54) is 0 Å². The van der Waals surface area contributed by atoms with Crippen LogP contribution in [0.5, 0.6) is 0 Å². The van der Waals surface area contributed by atoms with Gasteiger partial charge in [-0.2, -0.15) is 0 Å². The lowest BCUT2D eigenvalue weighted by atomic mass is 10.1. The van der Waals surface area contributed by atoms with E-state index in [2.05, 4.69) is 15.2 Å². The molecule has 10 nitrogen and oxygen atoms in total. The van der Waals surface area contributed by atoms with Crippen molar-refractivity contribution in [3.8, 4) is 0 Å². The van der Waals surface area contributed by atoms with E-state index >= 15 is 0 Å². The van der Waals surface area contributed by atoms with Crippen molar-refractivity contribution in [2.24, 2.45) is 0 Å². The largest absolute Gasteiger partial charge is 0.469 e. The summed E-state index contributed by atoms with van der Waals surface area (Å²) in [5.41, 5.74) is 0. The Morgan fingerprint density at radius 1 is 1.37 bits per heavy atom. The Balaban J connectivity index is 2.51. The first-order valence-electron chi connectivity index (χ1n) is 5.40. The third-order valence-electron chi connectivity index (χ3n) is 2.41. The summed E-state index contributed by atoms with van der Waals surface area (Å²) in [6, 6.07) is 0. The van der Waals surface area contributed by atoms with Crippen molar-refractivity contribution >= 4 is 13.7 Å². The van der Waals surface area contributed by atoms with Crippen LogP contribution in [0.3, 0.4) is 0 Å². The standard InChI is InChI=1S/C8H17N2O8P/c1-9-2-5(11)10-8-7(13)6(12)4(18-8)3-17-19(14,15)16/h4,6-9,12-13H,2-3H2,1H3,(H,10,11)(H2,14,15,16)/t4-,6-,7-,8?/m1/s1. The topological polar surface area (TPSA) is 158 Å². The summed E-state index contributed by atoms with van der Waals surface area (Å²) < 4.78 is 19.8. The van der Waals surface area contributed by atoms with Gasteiger partial charge in [-0.05, 0) is 7.05 Å². The summed E-state index contributed by atoms with van der Waals surface area (Å²) in [7, 11) is -3.14. The molecule has 1 amide bonds. The molecule has 1 fully saturated rings. The Bertz CT molecular complexity index is 361. The van der Waals surface area contributed by atoms with Crippen molar-refractivity contribution < 1.29 is 38.6 Å². The zero-order valence-corrected chi connectivity index (χ0v) is 11.0. The molecule has 0 aromatic rings. The van der Waals surface area contributed by atoms with E-state index in [0.717, 1.165) is 0 Å². The number of carbonyl (C=O) groups is 1. The molecule has 0 spiro atoms. The summed E-state index contributed by atoms with van der Waals surface area (Å²) in [6.45, 7) is -0.618. The van der Waals surface area contributed by atoms with Gasteiger partial charge in [-0.3, -0.25) is 9.32 Å². The predicted octanol–water partition coefficient (Wildman–Crippen LogP) is -3.12. The molecule has 0 aromatic heterocycles. The van der Waals surface area contributed by atoms with Gasteiger partial charge in [0, 0.05) is 0 Å². The molecule has 1 aliphatic heterocycles. The van der Waals surface area contributed by atoms with E-state index < -0.39 is 44.9 Å². The Kier molecular flexibility index (Phi) is 5.83. The lowest BCUT2D eigenvalue weighted by molar-refractivity contribution is -0.126. The molecule has 0 aromatic carbocycles. The van der Waals surface area contributed by atoms with Gasteiger partial charge >= 0.3 is 7.82 Å². The fourth-order valence-electron chi connectivity index (χ4n) is 1.55. The van der Waals surface area contributed by atoms with Gasteiger partial charge in [-0.1, -0.05) is 0 Å². The number of hydrogen-bond donors (Lipinski definition) is 6. The van der Waals surface area contributed by atoms with Crippen LogP contribution in [0.2, 0.25) is 0 Å². The normalized spacial score (nSPS) is 31.4. The first kappa shape index (κ1) is 16.5. The van der Waals surface area contributed by atoms with E-state index in [0.29, 0.717) is 0 Å². The van der Waals surface area contributed by atoms with Gasteiger partial charge in [0.05, 0.1) is 13.2 Å². The van der Waals surface area contributed by atoms with E-state index in [4.69, 9.17) is 14.5 Å². The minimum absolute atomic E-state index is 0.00762. The highest BCUT2D eigenvalue weighted by molar-refractivity contribution is 7.46. The van der Waals surface area contributed by atoms with Crippen molar-refractivity contribution in [2.75, 3.05) is 20.2 Å². The zero-order valence-electron chi connectivity index (χ0n) is 10.1. The average Bonchev–Trinajstić information content (AvgIpc) is 2.54. The second kappa shape index (κ2) is 6.73. The molecular weight excluding hydrogens is 283 g/mol. The van der Waals surface area contributed by atoms with Crippen LogP contribution in [0.15, 0.2) is 0 Å². The van der Waals surface area contributed by atoms with Crippen molar-refractivity contribution in [3.63, 3.8) is 0 Å². The number of aliphatic hydroxyl groups is 2. The third-order valence-corrected chi connectivity index (χ3v) is 2.90. The molecule has 1 rings (SSSR count). The lowest BCUT2D eigenvalue weighted by Gasteiger charge is -2.16. The lowest BCUT2D eigenvalue weighted by Crippen LogP contribution is -2.46.